The second-order valence-electron chi connectivity index (χ2n) is 10.9. The van der Waals surface area contributed by atoms with Crippen molar-refractivity contribution in [2.45, 2.75) is 65.0 Å². The number of aliphatic hydroxyl groups is 2. The van der Waals surface area contributed by atoms with E-state index in [9.17, 15) is 19.8 Å². The minimum absolute atomic E-state index is 0.0712. The fourth-order valence-corrected chi connectivity index (χ4v) is 4.04. The quantitative estimate of drug-likeness (QED) is 0.448. The van der Waals surface area contributed by atoms with Gasteiger partial charge in [-0.05, 0) is 90.1 Å². The van der Waals surface area contributed by atoms with Gasteiger partial charge in [-0.3, -0.25) is 9.59 Å². The molecule has 4 N–H and O–H groups in total. The van der Waals surface area contributed by atoms with Gasteiger partial charge < -0.3 is 25.7 Å². The van der Waals surface area contributed by atoms with Crippen LogP contribution < -0.4 is 15.5 Å². The Balaban J connectivity index is 0.000000538. The fourth-order valence-electron chi connectivity index (χ4n) is 4.04. The molecular formula is C28H40N4O4. The molecule has 2 heterocycles. The van der Waals surface area contributed by atoms with Gasteiger partial charge in [0.2, 0.25) is 0 Å². The van der Waals surface area contributed by atoms with Crippen LogP contribution in [0.2, 0.25) is 0 Å². The zero-order chi connectivity index (χ0) is 26.5. The average Bonchev–Trinajstić information content (AvgIpc) is 3.62. The number of aliphatic hydroxyl groups excluding tert-OH is 2. The first-order valence-electron chi connectivity index (χ1n) is 12.6. The fraction of sp³-hybridized carbons (Fsp3) is 0.536. The molecule has 8 heteroatoms. The van der Waals surface area contributed by atoms with Crippen molar-refractivity contribution >= 4 is 23.2 Å². The van der Waals surface area contributed by atoms with E-state index in [1.54, 1.807) is 36.4 Å². The maximum absolute atomic E-state index is 13.1. The van der Waals surface area contributed by atoms with Gasteiger partial charge in [0.25, 0.3) is 5.91 Å². The van der Waals surface area contributed by atoms with E-state index in [1.165, 1.54) is 19.8 Å². The molecule has 8 nitrogen and oxygen atoms in total. The van der Waals surface area contributed by atoms with E-state index in [4.69, 9.17) is 0 Å². The second-order valence-corrected chi connectivity index (χ2v) is 10.9. The molecule has 2 fully saturated rings. The van der Waals surface area contributed by atoms with Crippen LogP contribution in [0.25, 0.3) is 0 Å². The number of nitrogens with zero attached hydrogens (tertiary/aromatic N) is 2. The summed E-state index contributed by atoms with van der Waals surface area (Å²) in [5.74, 6) is 0.129. The highest BCUT2D eigenvalue weighted by molar-refractivity contribution is 6.08. The second kappa shape index (κ2) is 11.5. The lowest BCUT2D eigenvalue weighted by Crippen LogP contribution is -2.36. The molecule has 4 rings (SSSR count). The van der Waals surface area contributed by atoms with Crippen LogP contribution in [0.4, 0.5) is 11.5 Å². The number of carbonyl (C=O) groups excluding carboxylic acids is 2. The first-order valence-corrected chi connectivity index (χ1v) is 12.6. The van der Waals surface area contributed by atoms with Gasteiger partial charge in [0, 0.05) is 29.9 Å². The summed E-state index contributed by atoms with van der Waals surface area (Å²) < 4.78 is 0. The highest BCUT2D eigenvalue weighted by atomic mass is 16.3. The minimum Gasteiger partial charge on any atom is -0.393 e. The number of aromatic nitrogens is 1. The Morgan fingerprint density at radius 3 is 2.28 bits per heavy atom. The van der Waals surface area contributed by atoms with E-state index < -0.39 is 12.7 Å². The zero-order valence-corrected chi connectivity index (χ0v) is 22.1. The standard InChI is InChI=1S/C23H27N3O4.C5H13N/c1-15(28)16-3-2-4-17(13-16)24-22(30)18-5-6-19(20(29)14-27)25-21(18)26-11-9-23(7-8-23)10-12-26;1-5(2,3)6-4/h2-6,13,20,27,29H,7-12,14H2,1H3,(H,24,30);6H,1-4H3. The molecule has 1 aromatic heterocycles. The Bertz CT molecular complexity index is 1070. The van der Waals surface area contributed by atoms with Crippen LogP contribution in [0.5, 0.6) is 0 Å². The van der Waals surface area contributed by atoms with Gasteiger partial charge in [-0.25, -0.2) is 4.98 Å². The van der Waals surface area contributed by atoms with E-state index in [0.717, 1.165) is 25.9 Å². The lowest BCUT2D eigenvalue weighted by molar-refractivity contribution is 0.0921. The molecule has 1 atom stereocenters. The number of amides is 1. The number of benzene rings is 1. The Labute approximate surface area is 214 Å². The third-order valence-electron chi connectivity index (χ3n) is 7.01. The average molecular weight is 497 g/mol. The topological polar surface area (TPSA) is 115 Å². The summed E-state index contributed by atoms with van der Waals surface area (Å²) >= 11 is 0. The van der Waals surface area contributed by atoms with E-state index >= 15 is 0 Å². The lowest BCUT2D eigenvalue weighted by Gasteiger charge is -2.34. The third kappa shape index (κ3) is 7.35. The Morgan fingerprint density at radius 1 is 1.11 bits per heavy atom. The predicted molar refractivity (Wildman–Crippen MR) is 143 cm³/mol. The molecule has 2 aromatic rings. The maximum atomic E-state index is 13.1. The van der Waals surface area contributed by atoms with Crippen molar-refractivity contribution < 1.29 is 19.8 Å². The molecule has 1 aromatic carbocycles. The first-order chi connectivity index (χ1) is 17.0. The number of carbonyl (C=O) groups is 2. The molecule has 1 unspecified atom stereocenters. The number of anilines is 2. The van der Waals surface area contributed by atoms with Crippen LogP contribution in [0, 0.1) is 5.41 Å². The number of rotatable bonds is 6. The van der Waals surface area contributed by atoms with Crippen LogP contribution in [0.15, 0.2) is 36.4 Å². The number of Topliss-reactive ketones (excluding diaryl/α,β-unsaturated/α-hetero) is 1. The van der Waals surface area contributed by atoms with E-state index in [0.29, 0.717) is 39.3 Å². The van der Waals surface area contributed by atoms with Gasteiger partial charge in [0.05, 0.1) is 17.9 Å². The third-order valence-corrected chi connectivity index (χ3v) is 7.01. The Kier molecular flexibility index (Phi) is 8.87. The van der Waals surface area contributed by atoms with Gasteiger partial charge in [0.1, 0.15) is 11.9 Å². The summed E-state index contributed by atoms with van der Waals surface area (Å²) in [5, 5.41) is 25.3. The van der Waals surface area contributed by atoms with Crippen LogP contribution >= 0.6 is 0 Å². The van der Waals surface area contributed by atoms with Crippen LogP contribution in [-0.2, 0) is 0 Å². The first kappa shape index (κ1) is 27.8. The summed E-state index contributed by atoms with van der Waals surface area (Å²) in [6.45, 7) is 9.07. The smallest absolute Gasteiger partial charge is 0.259 e. The van der Waals surface area contributed by atoms with E-state index in [2.05, 4.69) is 41.3 Å². The molecule has 0 bridgehead atoms. The lowest BCUT2D eigenvalue weighted by atomic mass is 9.93. The molecule has 1 aliphatic heterocycles. The molecule has 36 heavy (non-hydrogen) atoms. The number of hydrogen-bond donors (Lipinski definition) is 4. The van der Waals surface area contributed by atoms with Crippen molar-refractivity contribution in [3.05, 3.63) is 53.2 Å². The molecular weight excluding hydrogens is 456 g/mol. The van der Waals surface area contributed by atoms with Crippen LogP contribution in [-0.4, -0.2) is 59.2 Å². The summed E-state index contributed by atoms with van der Waals surface area (Å²) in [4.78, 5) is 31.3. The number of nitrogens with one attached hydrogen (secondary N) is 2. The van der Waals surface area contributed by atoms with Crippen molar-refractivity contribution in [3.8, 4) is 0 Å². The van der Waals surface area contributed by atoms with E-state index in [1.807, 2.05) is 7.05 Å². The predicted octanol–water partition coefficient (Wildman–Crippen LogP) is 3.95. The molecule has 1 saturated heterocycles. The summed E-state index contributed by atoms with van der Waals surface area (Å²) in [5.41, 5.74) is 2.58. The summed E-state index contributed by atoms with van der Waals surface area (Å²) in [6.07, 6.45) is 3.61. The van der Waals surface area contributed by atoms with Gasteiger partial charge in [-0.15, -0.1) is 0 Å². The molecule has 0 radical (unpaired) electrons. The normalized spacial score (nSPS) is 17.1. The largest absolute Gasteiger partial charge is 0.393 e. The van der Waals surface area contributed by atoms with Gasteiger partial charge in [0.15, 0.2) is 5.78 Å². The van der Waals surface area contributed by atoms with Gasteiger partial charge in [-0.1, -0.05) is 12.1 Å². The molecule has 2 aliphatic rings. The van der Waals surface area contributed by atoms with Gasteiger partial charge >= 0.3 is 0 Å². The number of hydrogen-bond acceptors (Lipinski definition) is 7. The van der Waals surface area contributed by atoms with Crippen molar-refractivity contribution in [2.24, 2.45) is 5.41 Å². The maximum Gasteiger partial charge on any atom is 0.259 e. The van der Waals surface area contributed by atoms with Crippen LogP contribution in [0.3, 0.4) is 0 Å². The Morgan fingerprint density at radius 2 is 1.75 bits per heavy atom. The Hall–Kier alpha value is -2.81. The number of ketones is 1. The highest BCUT2D eigenvalue weighted by Crippen LogP contribution is 2.54. The monoisotopic (exact) mass is 496 g/mol. The zero-order valence-electron chi connectivity index (χ0n) is 22.1. The van der Waals surface area contributed by atoms with E-state index in [-0.39, 0.29) is 11.7 Å². The van der Waals surface area contributed by atoms with Gasteiger partial charge in [-0.2, -0.15) is 0 Å². The van der Waals surface area contributed by atoms with Crippen molar-refractivity contribution in [3.63, 3.8) is 0 Å². The van der Waals surface area contributed by atoms with Crippen molar-refractivity contribution in [1.29, 1.82) is 0 Å². The summed E-state index contributed by atoms with van der Waals surface area (Å²) in [7, 11) is 1.96. The molecule has 1 aliphatic carbocycles. The molecule has 1 spiro atoms. The highest BCUT2D eigenvalue weighted by Gasteiger charge is 2.45. The summed E-state index contributed by atoms with van der Waals surface area (Å²) in [6, 6.07) is 10.0. The molecule has 1 saturated carbocycles. The van der Waals surface area contributed by atoms with Crippen LogP contribution in [0.1, 0.15) is 85.9 Å². The minimum atomic E-state index is -1.09. The molecule has 1 amide bonds. The number of piperidine rings is 1. The van der Waals surface area contributed by atoms with Crippen molar-refractivity contribution in [1.82, 2.24) is 10.3 Å². The number of pyridine rings is 1. The SMILES string of the molecule is CC(=O)c1cccc(NC(=O)c2ccc(C(O)CO)nc2N2CCC3(CC2)CC3)c1.CNC(C)(C)C. The molecule has 196 valence electrons. The van der Waals surface area contributed by atoms with Crippen molar-refractivity contribution in [2.75, 3.05) is 37.0 Å².